The Morgan fingerprint density at radius 3 is 1.00 bits per heavy atom. The highest BCUT2D eigenvalue weighted by atomic mass is 15.1. The highest BCUT2D eigenvalue weighted by Crippen LogP contribution is 3.12. The lowest BCUT2D eigenvalue weighted by Crippen LogP contribution is -2.29. The van der Waals surface area contributed by atoms with Crippen molar-refractivity contribution >= 4 is 0 Å². The zero-order valence-electron chi connectivity index (χ0n) is 12.1. The fourth-order valence-electron chi connectivity index (χ4n) is 16.9. The molecule has 13 fully saturated rings. The lowest BCUT2D eigenvalue weighted by molar-refractivity contribution is 0.143. The zero-order chi connectivity index (χ0) is 12.1. The van der Waals surface area contributed by atoms with E-state index in [1.807, 2.05) is 6.42 Å². The number of hydrogen-bond donors (Lipinski definition) is 0. The third-order valence-corrected chi connectivity index (χ3v) is 14.6. The van der Waals surface area contributed by atoms with Gasteiger partial charge >= 0.3 is 0 Å². The minimum absolute atomic E-state index is 1.05. The van der Waals surface area contributed by atoms with E-state index in [0.717, 1.165) is 10.8 Å². The predicted octanol–water partition coefficient (Wildman–Crippen LogP) is 2.60. The van der Waals surface area contributed by atoms with Crippen LogP contribution < -0.4 is 0 Å². The molecule has 0 radical (unpaired) electrons. The largest absolute Gasteiger partial charge is 0.0396 e. The minimum atomic E-state index is 1.05. The van der Waals surface area contributed by atoms with E-state index in [4.69, 9.17) is 0 Å². The van der Waals surface area contributed by atoms with Gasteiger partial charge in [0.2, 0.25) is 0 Å². The van der Waals surface area contributed by atoms with E-state index in [1.165, 1.54) is 107 Å². The SMILES string of the molecule is C1C23[C@@H]4C5C6[C@H]7C8C9[C@@H]%10C%11C([C@@H]%12[C@@H]%10[C@H]([C@H]69)[C@H]5C1%122)[C@H]3[C@H]([C@H]8%11)[C@H]74. The Kier molecular flexibility index (Phi) is 0.628. The molecule has 8 unspecified atom stereocenters. The highest BCUT2D eigenvalue weighted by Gasteiger charge is 3.09. The second-order valence-electron chi connectivity index (χ2n) is 12.4. The molecule has 13 rings (SSSR count). The van der Waals surface area contributed by atoms with Crippen molar-refractivity contribution in [2.75, 3.05) is 0 Å². The molecule has 0 nitrogen and oxygen atoms in total. The van der Waals surface area contributed by atoms with Crippen molar-refractivity contribution in [2.24, 2.45) is 117 Å². The van der Waals surface area contributed by atoms with E-state index in [1.54, 1.807) is 0 Å². The standard InChI is InChI=1S/C21H20/c1-20-16-10-4-2-3-6-8(4)14(16)18-12(6)13-7(3)9-5(2)11(10)17(20)15(9)19(13)21(1,18)20/h2-19H,1H2/t2?,3?,4-,5-,6-,7+,8?,9?,10-,11+,12+,13+,14?,15?,16-,17+,18+,19-,20?,21?/m1/s1. The summed E-state index contributed by atoms with van der Waals surface area (Å²) in [4.78, 5) is 0. The molecule has 0 aromatic heterocycles. The molecule has 0 heterocycles. The van der Waals surface area contributed by atoms with Crippen molar-refractivity contribution in [3.63, 3.8) is 0 Å². The van der Waals surface area contributed by atoms with E-state index in [9.17, 15) is 0 Å². The van der Waals surface area contributed by atoms with Gasteiger partial charge in [-0.05, 0) is 124 Å². The van der Waals surface area contributed by atoms with Gasteiger partial charge in [-0.25, -0.2) is 0 Å². The second-order valence-corrected chi connectivity index (χ2v) is 12.4. The van der Waals surface area contributed by atoms with Gasteiger partial charge in [0.25, 0.3) is 0 Å². The van der Waals surface area contributed by atoms with Crippen LogP contribution in [0.3, 0.4) is 0 Å². The first-order valence-corrected chi connectivity index (χ1v) is 10.4. The molecule has 2 spiro atoms. The van der Waals surface area contributed by atoms with Gasteiger partial charge in [-0.1, -0.05) is 0 Å². The van der Waals surface area contributed by atoms with E-state index in [-0.39, 0.29) is 0 Å². The van der Waals surface area contributed by atoms with Gasteiger partial charge in [-0.3, -0.25) is 0 Å². The molecule has 13 aliphatic rings. The van der Waals surface area contributed by atoms with E-state index >= 15 is 0 Å². The Hall–Kier alpha value is 0. The van der Waals surface area contributed by atoms with Gasteiger partial charge in [0, 0.05) is 0 Å². The van der Waals surface area contributed by atoms with Gasteiger partial charge in [0.15, 0.2) is 0 Å². The van der Waals surface area contributed by atoms with Crippen LogP contribution in [-0.4, -0.2) is 0 Å². The summed E-state index contributed by atoms with van der Waals surface area (Å²) in [5.74, 6) is 24.1. The molecular formula is C21H20. The molecule has 0 heteroatoms. The molecule has 0 amide bonds. The molecule has 0 aromatic rings. The Labute approximate surface area is 124 Å². The van der Waals surface area contributed by atoms with Gasteiger partial charge in [0.1, 0.15) is 0 Å². The first-order valence-electron chi connectivity index (χ1n) is 10.4. The Morgan fingerprint density at radius 1 is 0.333 bits per heavy atom. The van der Waals surface area contributed by atoms with Crippen molar-refractivity contribution in [1.82, 2.24) is 0 Å². The zero-order valence-corrected chi connectivity index (χ0v) is 12.1. The topological polar surface area (TPSA) is 0 Å². The fraction of sp³-hybridized carbons (Fsp3) is 1.00. The fourth-order valence-corrected chi connectivity index (χ4v) is 16.9. The van der Waals surface area contributed by atoms with Gasteiger partial charge in [-0.15, -0.1) is 0 Å². The van der Waals surface area contributed by atoms with Gasteiger partial charge in [0.05, 0.1) is 0 Å². The molecule has 0 N–H and O–H groups in total. The Bertz CT molecular complexity index is 667. The monoisotopic (exact) mass is 272 g/mol. The van der Waals surface area contributed by atoms with Crippen LogP contribution in [-0.2, 0) is 0 Å². The molecule has 13 saturated carbocycles. The van der Waals surface area contributed by atoms with Crippen LogP contribution in [0.25, 0.3) is 0 Å². The van der Waals surface area contributed by atoms with Crippen molar-refractivity contribution in [3.05, 3.63) is 0 Å². The average molecular weight is 272 g/mol. The van der Waals surface area contributed by atoms with Crippen LogP contribution in [0.5, 0.6) is 0 Å². The highest BCUT2D eigenvalue weighted by molar-refractivity contribution is 5.55. The summed E-state index contributed by atoms with van der Waals surface area (Å²) in [5.41, 5.74) is 2.09. The molecule has 20 atom stereocenters. The summed E-state index contributed by atoms with van der Waals surface area (Å²) in [6, 6.07) is 0. The quantitative estimate of drug-likeness (QED) is 0.636. The van der Waals surface area contributed by atoms with Crippen molar-refractivity contribution < 1.29 is 0 Å². The Morgan fingerprint density at radius 2 is 0.619 bits per heavy atom. The third-order valence-electron chi connectivity index (χ3n) is 14.6. The molecule has 0 bridgehead atoms. The summed E-state index contributed by atoms with van der Waals surface area (Å²) in [7, 11) is 0. The lowest BCUT2D eigenvalue weighted by Gasteiger charge is -2.32. The maximum atomic E-state index is 1.81. The van der Waals surface area contributed by atoms with E-state index < -0.39 is 0 Å². The van der Waals surface area contributed by atoms with Gasteiger partial charge < -0.3 is 0 Å². The lowest BCUT2D eigenvalue weighted by atomic mass is 9.72. The molecular weight excluding hydrogens is 252 g/mol. The second kappa shape index (κ2) is 1.61. The van der Waals surface area contributed by atoms with Crippen molar-refractivity contribution in [3.8, 4) is 0 Å². The summed E-state index contributed by atoms with van der Waals surface area (Å²) in [5, 5.41) is 0. The van der Waals surface area contributed by atoms with Crippen LogP contribution in [0.1, 0.15) is 6.42 Å². The van der Waals surface area contributed by atoms with E-state index in [0.29, 0.717) is 0 Å². The minimum Gasteiger partial charge on any atom is -0.0396 e. The van der Waals surface area contributed by atoms with Gasteiger partial charge in [-0.2, -0.15) is 0 Å². The maximum absolute atomic E-state index is 1.81. The predicted molar refractivity (Wildman–Crippen MR) is 72.3 cm³/mol. The molecule has 0 saturated heterocycles. The van der Waals surface area contributed by atoms with Crippen molar-refractivity contribution in [2.45, 2.75) is 6.42 Å². The maximum Gasteiger partial charge on any atom is -0.0161 e. The Balaban J connectivity index is 1.48. The summed E-state index contributed by atoms with van der Waals surface area (Å²) >= 11 is 0. The summed E-state index contributed by atoms with van der Waals surface area (Å²) in [6.07, 6.45) is 1.81. The first-order chi connectivity index (χ1) is 10.4. The average Bonchev–Trinajstić information content (AvgIpc) is 3.09. The van der Waals surface area contributed by atoms with Crippen LogP contribution in [0, 0.1) is 117 Å². The normalized spacial score (nSPS) is 112. The number of rotatable bonds is 0. The van der Waals surface area contributed by atoms with Crippen LogP contribution in [0.15, 0.2) is 0 Å². The van der Waals surface area contributed by atoms with Crippen molar-refractivity contribution in [1.29, 1.82) is 0 Å². The first kappa shape index (κ1) is 8.20. The third kappa shape index (κ3) is 0.345. The number of hydrogen-bond acceptors (Lipinski definition) is 0. The van der Waals surface area contributed by atoms with Crippen LogP contribution in [0.4, 0.5) is 0 Å². The molecule has 13 aliphatic carbocycles. The van der Waals surface area contributed by atoms with Crippen LogP contribution in [0.2, 0.25) is 0 Å². The summed E-state index contributed by atoms with van der Waals surface area (Å²) in [6.45, 7) is 0. The van der Waals surface area contributed by atoms with E-state index in [2.05, 4.69) is 0 Å². The van der Waals surface area contributed by atoms with Crippen LogP contribution >= 0.6 is 0 Å². The molecule has 0 aromatic carbocycles. The smallest absolute Gasteiger partial charge is 0.0161 e. The molecule has 104 valence electrons. The molecule has 21 heavy (non-hydrogen) atoms. The molecule has 0 aliphatic heterocycles. The summed E-state index contributed by atoms with van der Waals surface area (Å²) < 4.78 is 0.